The molecule has 110 valence electrons. The molecule has 0 aromatic carbocycles. The summed E-state index contributed by atoms with van der Waals surface area (Å²) >= 11 is 0. The van der Waals surface area contributed by atoms with Gasteiger partial charge in [-0.3, -0.25) is 4.57 Å². The lowest BCUT2D eigenvalue weighted by Gasteiger charge is -2.11. The lowest BCUT2D eigenvalue weighted by atomic mass is 10.1. The second kappa shape index (κ2) is 12.0. The molecule has 7 nitrogen and oxygen atoms in total. The van der Waals surface area contributed by atoms with Crippen LogP contribution < -0.4 is 21.9 Å². The first-order chi connectivity index (χ1) is 8.56. The molecule has 1 rings (SSSR count). The zero-order valence-corrected chi connectivity index (χ0v) is 12.3. The molecule has 1 unspecified atom stereocenters. The molecule has 1 atom stereocenters. The molecule has 18 heavy (non-hydrogen) atoms. The van der Waals surface area contributed by atoms with Gasteiger partial charge in [0.15, 0.2) is 0 Å². The number of rotatable bonds is 1. The second-order valence-electron chi connectivity index (χ2n) is 4.21. The van der Waals surface area contributed by atoms with E-state index >= 15 is 0 Å². The Bertz CT molecular complexity index is 182. The topological polar surface area (TPSA) is 94.6 Å². The molecule has 0 amide bonds. The summed E-state index contributed by atoms with van der Waals surface area (Å²) in [6.45, 7) is 3.20. The van der Waals surface area contributed by atoms with Crippen LogP contribution in [0.5, 0.6) is 0 Å². The third-order valence-corrected chi connectivity index (χ3v) is 3.11. The minimum atomic E-state index is -3.15. The van der Waals surface area contributed by atoms with Crippen molar-refractivity contribution in [1.29, 1.82) is 0 Å². The molecule has 0 radical (unpaired) electrons. The van der Waals surface area contributed by atoms with E-state index in [-0.39, 0.29) is 0 Å². The molecule has 0 saturated carbocycles. The van der Waals surface area contributed by atoms with Gasteiger partial charge in [-0.1, -0.05) is 25.7 Å². The Hall–Kier alpha value is -0.0100. The van der Waals surface area contributed by atoms with Crippen LogP contribution in [0.2, 0.25) is 0 Å². The maximum atomic E-state index is 9.92. The largest absolute Gasteiger partial charge is 0.324 e. The Morgan fingerprint density at radius 3 is 1.61 bits per heavy atom. The minimum absolute atomic E-state index is 1.04. The van der Waals surface area contributed by atoms with Gasteiger partial charge >= 0.3 is 7.60 Å². The molecule has 5 N–H and O–H groups in total. The Morgan fingerprint density at radius 2 is 1.28 bits per heavy atom. The van der Waals surface area contributed by atoms with Crippen LogP contribution in [0.25, 0.3) is 0 Å². The molecule has 0 aliphatic carbocycles. The SMILES string of the molecule is C1CCCCNNNNCCC1.COP(C)(=O)O. The highest BCUT2D eigenvalue weighted by atomic mass is 31.2. The van der Waals surface area contributed by atoms with Gasteiger partial charge in [0.1, 0.15) is 0 Å². The van der Waals surface area contributed by atoms with Gasteiger partial charge in [-0.15, -0.1) is 0 Å². The smallest absolute Gasteiger partial charge is 0.324 e. The Labute approximate surface area is 110 Å². The van der Waals surface area contributed by atoms with Crippen LogP contribution in [0.4, 0.5) is 0 Å². The number of hydrazine groups is 3. The van der Waals surface area contributed by atoms with Crippen molar-refractivity contribution in [1.82, 2.24) is 21.9 Å². The molecule has 1 aliphatic heterocycles. The second-order valence-corrected chi connectivity index (χ2v) is 6.18. The van der Waals surface area contributed by atoms with Gasteiger partial charge in [-0.2, -0.15) is 11.1 Å². The van der Waals surface area contributed by atoms with Crippen LogP contribution in [0.15, 0.2) is 0 Å². The van der Waals surface area contributed by atoms with E-state index in [4.69, 9.17) is 4.89 Å². The van der Waals surface area contributed by atoms with Crippen molar-refractivity contribution >= 4 is 7.60 Å². The maximum Gasteiger partial charge on any atom is 0.324 e. The zero-order chi connectivity index (χ0) is 13.7. The first-order valence-corrected chi connectivity index (χ1v) is 8.40. The summed E-state index contributed by atoms with van der Waals surface area (Å²) in [5, 5.41) is 0. The van der Waals surface area contributed by atoms with Crippen LogP contribution in [0, 0.1) is 0 Å². The van der Waals surface area contributed by atoms with Crippen LogP contribution >= 0.6 is 7.60 Å². The predicted molar refractivity (Wildman–Crippen MR) is 72.7 cm³/mol. The summed E-state index contributed by atoms with van der Waals surface area (Å²) in [7, 11) is -1.95. The molecule has 0 aromatic heterocycles. The first-order valence-electron chi connectivity index (χ1n) is 6.38. The molecular weight excluding hydrogens is 255 g/mol. The Balaban J connectivity index is 0.000000411. The average molecular weight is 282 g/mol. The predicted octanol–water partition coefficient (Wildman–Crippen LogP) is 0.892. The fourth-order valence-electron chi connectivity index (χ4n) is 1.35. The fourth-order valence-corrected chi connectivity index (χ4v) is 1.35. The van der Waals surface area contributed by atoms with Crippen LogP contribution in [-0.2, 0) is 9.09 Å². The van der Waals surface area contributed by atoms with E-state index in [2.05, 4.69) is 26.4 Å². The molecule has 8 heteroatoms. The molecule has 0 bridgehead atoms. The van der Waals surface area contributed by atoms with Crippen molar-refractivity contribution in [3.63, 3.8) is 0 Å². The van der Waals surface area contributed by atoms with E-state index in [1.54, 1.807) is 0 Å². The van der Waals surface area contributed by atoms with Gasteiger partial charge in [0.25, 0.3) is 0 Å². The molecule has 1 saturated heterocycles. The van der Waals surface area contributed by atoms with Crippen molar-refractivity contribution in [3.05, 3.63) is 0 Å². The molecule has 0 aromatic rings. The van der Waals surface area contributed by atoms with E-state index < -0.39 is 7.60 Å². The van der Waals surface area contributed by atoms with E-state index in [9.17, 15) is 4.57 Å². The van der Waals surface area contributed by atoms with Crippen molar-refractivity contribution in [2.75, 3.05) is 26.9 Å². The highest BCUT2D eigenvalue weighted by Gasteiger charge is 2.02. The third-order valence-electron chi connectivity index (χ3n) is 2.43. The average Bonchev–Trinajstić information content (AvgIpc) is 2.29. The zero-order valence-electron chi connectivity index (χ0n) is 11.4. The normalized spacial score (nSPS) is 22.6. The molecule has 1 aliphatic rings. The van der Waals surface area contributed by atoms with Crippen molar-refractivity contribution < 1.29 is 14.0 Å². The summed E-state index contributed by atoms with van der Waals surface area (Å²) in [6, 6.07) is 0. The van der Waals surface area contributed by atoms with Gasteiger partial charge in [-0.05, 0) is 12.8 Å². The summed E-state index contributed by atoms with van der Waals surface area (Å²) in [4.78, 5) is 8.16. The standard InChI is InChI=1S/C8H20N4.C2H7O3P/c1-2-4-6-8-10-12-11-9-7-5-3-1;1-5-6(2,3)4/h9-12H,1-8H2;1-2H3,(H,3,4). The molecule has 0 spiro atoms. The number of hydrogen-bond acceptors (Lipinski definition) is 6. The summed E-state index contributed by atoms with van der Waals surface area (Å²) in [5.74, 6) is 0. The van der Waals surface area contributed by atoms with Crippen LogP contribution in [0.3, 0.4) is 0 Å². The van der Waals surface area contributed by atoms with Crippen LogP contribution in [-0.4, -0.2) is 31.8 Å². The third kappa shape index (κ3) is 16.0. The lowest BCUT2D eigenvalue weighted by molar-refractivity contribution is 0.322. The van der Waals surface area contributed by atoms with Crippen molar-refractivity contribution in [3.8, 4) is 0 Å². The van der Waals surface area contributed by atoms with E-state index in [0.29, 0.717) is 0 Å². The van der Waals surface area contributed by atoms with Crippen molar-refractivity contribution in [2.24, 2.45) is 0 Å². The van der Waals surface area contributed by atoms with Gasteiger partial charge < -0.3 is 9.42 Å². The number of hydrogen-bond donors (Lipinski definition) is 5. The summed E-state index contributed by atoms with van der Waals surface area (Å²) in [5.41, 5.74) is 11.9. The molecular formula is C10H27N4O3P. The minimum Gasteiger partial charge on any atom is -0.324 e. The quantitative estimate of drug-likeness (QED) is 0.456. The van der Waals surface area contributed by atoms with Gasteiger partial charge in [0.2, 0.25) is 0 Å². The van der Waals surface area contributed by atoms with E-state index in [0.717, 1.165) is 19.8 Å². The fraction of sp³-hybridized carbons (Fsp3) is 1.00. The van der Waals surface area contributed by atoms with Gasteiger partial charge in [-0.25, -0.2) is 10.9 Å². The number of nitrogens with one attached hydrogen (secondary N) is 4. The highest BCUT2D eigenvalue weighted by molar-refractivity contribution is 7.51. The van der Waals surface area contributed by atoms with Gasteiger partial charge in [0, 0.05) is 26.9 Å². The lowest BCUT2D eigenvalue weighted by Crippen LogP contribution is -2.51. The molecule has 1 heterocycles. The Morgan fingerprint density at radius 1 is 0.944 bits per heavy atom. The monoisotopic (exact) mass is 282 g/mol. The van der Waals surface area contributed by atoms with Crippen molar-refractivity contribution in [2.45, 2.75) is 38.5 Å². The van der Waals surface area contributed by atoms with E-state index in [1.807, 2.05) is 0 Å². The molecule has 1 fully saturated rings. The highest BCUT2D eigenvalue weighted by Crippen LogP contribution is 2.34. The maximum absolute atomic E-state index is 9.92. The van der Waals surface area contributed by atoms with Gasteiger partial charge in [0.05, 0.1) is 0 Å². The van der Waals surface area contributed by atoms with E-state index in [1.165, 1.54) is 45.6 Å². The Kier molecular flexibility index (Phi) is 12.0. The van der Waals surface area contributed by atoms with Crippen LogP contribution in [0.1, 0.15) is 38.5 Å². The summed E-state index contributed by atoms with van der Waals surface area (Å²) in [6.07, 6.45) is 7.98. The summed E-state index contributed by atoms with van der Waals surface area (Å²) < 4.78 is 14.0. The first kappa shape index (κ1) is 18.0.